The van der Waals surface area contributed by atoms with Crippen LogP contribution in [0.2, 0.25) is 0 Å². The second-order valence-electron chi connectivity index (χ2n) is 5.78. The third-order valence-corrected chi connectivity index (χ3v) is 3.98. The standard InChI is InChI=1S/C18H19N3O2/c1-13-5-4-7-16(9-13)21-12-14(10-17(21)22)18(23)20-11-15-6-2-3-8-19-15/h2-9,14H,10-12H2,1H3,(H,20,23)/t14-/m1/s1. The van der Waals surface area contributed by atoms with Gasteiger partial charge >= 0.3 is 0 Å². The number of pyridine rings is 1. The molecule has 23 heavy (non-hydrogen) atoms. The Bertz CT molecular complexity index is 715. The van der Waals surface area contributed by atoms with Crippen LogP contribution < -0.4 is 10.2 Å². The van der Waals surface area contributed by atoms with Gasteiger partial charge in [0.25, 0.3) is 0 Å². The Kier molecular flexibility index (Phi) is 4.37. The molecule has 0 spiro atoms. The molecule has 2 aromatic rings. The third kappa shape index (κ3) is 3.56. The van der Waals surface area contributed by atoms with E-state index >= 15 is 0 Å². The highest BCUT2D eigenvalue weighted by molar-refractivity contribution is 6.00. The molecule has 1 N–H and O–H groups in total. The number of nitrogens with zero attached hydrogens (tertiary/aromatic N) is 2. The quantitative estimate of drug-likeness (QED) is 0.940. The van der Waals surface area contributed by atoms with Gasteiger partial charge in [-0.15, -0.1) is 0 Å². The summed E-state index contributed by atoms with van der Waals surface area (Å²) in [5.74, 6) is -0.417. The molecule has 2 amide bonds. The first-order chi connectivity index (χ1) is 11.1. The summed E-state index contributed by atoms with van der Waals surface area (Å²) in [5.41, 5.74) is 2.76. The fraction of sp³-hybridized carbons (Fsp3) is 0.278. The van der Waals surface area contributed by atoms with Crippen molar-refractivity contribution in [1.82, 2.24) is 10.3 Å². The maximum atomic E-state index is 12.3. The number of carbonyl (C=O) groups excluding carboxylic acids is 2. The van der Waals surface area contributed by atoms with Gasteiger partial charge in [0, 0.05) is 24.8 Å². The second-order valence-corrected chi connectivity index (χ2v) is 5.78. The molecule has 118 valence electrons. The Morgan fingerprint density at radius 2 is 2.17 bits per heavy atom. The van der Waals surface area contributed by atoms with Gasteiger partial charge in [-0.2, -0.15) is 0 Å². The van der Waals surface area contributed by atoms with E-state index in [1.54, 1.807) is 11.1 Å². The number of aryl methyl sites for hydroxylation is 1. The minimum atomic E-state index is -0.313. The number of hydrogen-bond donors (Lipinski definition) is 1. The van der Waals surface area contributed by atoms with Gasteiger partial charge < -0.3 is 10.2 Å². The summed E-state index contributed by atoms with van der Waals surface area (Å²) in [6, 6.07) is 13.4. The Morgan fingerprint density at radius 3 is 2.91 bits per heavy atom. The molecular weight excluding hydrogens is 290 g/mol. The van der Waals surface area contributed by atoms with Crippen molar-refractivity contribution in [2.45, 2.75) is 19.9 Å². The van der Waals surface area contributed by atoms with E-state index in [0.717, 1.165) is 16.9 Å². The number of hydrogen-bond acceptors (Lipinski definition) is 3. The fourth-order valence-corrected chi connectivity index (χ4v) is 2.75. The summed E-state index contributed by atoms with van der Waals surface area (Å²) < 4.78 is 0. The molecule has 1 aromatic heterocycles. The molecule has 0 saturated carbocycles. The highest BCUT2D eigenvalue weighted by atomic mass is 16.2. The lowest BCUT2D eigenvalue weighted by molar-refractivity contribution is -0.126. The van der Waals surface area contributed by atoms with Crippen molar-refractivity contribution >= 4 is 17.5 Å². The zero-order valence-corrected chi connectivity index (χ0v) is 13.0. The zero-order valence-electron chi connectivity index (χ0n) is 13.0. The Hall–Kier alpha value is -2.69. The van der Waals surface area contributed by atoms with Crippen molar-refractivity contribution in [2.75, 3.05) is 11.4 Å². The molecule has 1 atom stereocenters. The van der Waals surface area contributed by atoms with Crippen LogP contribution in [-0.2, 0) is 16.1 Å². The minimum absolute atomic E-state index is 0.00594. The van der Waals surface area contributed by atoms with E-state index in [2.05, 4.69) is 10.3 Å². The topological polar surface area (TPSA) is 62.3 Å². The highest BCUT2D eigenvalue weighted by Crippen LogP contribution is 2.25. The van der Waals surface area contributed by atoms with Gasteiger partial charge in [-0.05, 0) is 36.8 Å². The van der Waals surface area contributed by atoms with Crippen molar-refractivity contribution in [1.29, 1.82) is 0 Å². The number of rotatable bonds is 4. The van der Waals surface area contributed by atoms with Crippen LogP contribution in [0.3, 0.4) is 0 Å². The second kappa shape index (κ2) is 6.60. The number of benzene rings is 1. The van der Waals surface area contributed by atoms with Gasteiger partial charge in [0.15, 0.2) is 0 Å². The molecule has 1 fully saturated rings. The summed E-state index contributed by atoms with van der Waals surface area (Å²) in [6.45, 7) is 2.80. The summed E-state index contributed by atoms with van der Waals surface area (Å²) in [4.78, 5) is 30.4. The third-order valence-electron chi connectivity index (χ3n) is 3.98. The van der Waals surface area contributed by atoms with E-state index in [1.807, 2.05) is 49.4 Å². The molecule has 0 bridgehead atoms. The number of anilines is 1. The molecule has 1 aliphatic rings. The number of carbonyl (C=O) groups is 2. The first-order valence-electron chi connectivity index (χ1n) is 7.68. The fourth-order valence-electron chi connectivity index (χ4n) is 2.75. The lowest BCUT2D eigenvalue weighted by Crippen LogP contribution is -2.32. The maximum Gasteiger partial charge on any atom is 0.227 e. The number of aromatic nitrogens is 1. The number of nitrogens with one attached hydrogen (secondary N) is 1. The van der Waals surface area contributed by atoms with E-state index < -0.39 is 0 Å². The first kappa shape index (κ1) is 15.2. The molecule has 0 unspecified atom stereocenters. The van der Waals surface area contributed by atoms with E-state index in [9.17, 15) is 9.59 Å². The van der Waals surface area contributed by atoms with Crippen LogP contribution in [-0.4, -0.2) is 23.3 Å². The summed E-state index contributed by atoms with van der Waals surface area (Å²) in [6.07, 6.45) is 1.95. The Balaban J connectivity index is 1.62. The monoisotopic (exact) mass is 309 g/mol. The van der Waals surface area contributed by atoms with Crippen molar-refractivity contribution < 1.29 is 9.59 Å². The highest BCUT2D eigenvalue weighted by Gasteiger charge is 2.34. The largest absolute Gasteiger partial charge is 0.350 e. The number of amides is 2. The van der Waals surface area contributed by atoms with Crippen LogP contribution in [0.5, 0.6) is 0 Å². The predicted octanol–water partition coefficient (Wildman–Crippen LogP) is 2.06. The van der Waals surface area contributed by atoms with Gasteiger partial charge in [-0.1, -0.05) is 18.2 Å². The van der Waals surface area contributed by atoms with Crippen molar-refractivity contribution in [3.8, 4) is 0 Å². The molecule has 0 aliphatic carbocycles. The van der Waals surface area contributed by atoms with Crippen molar-refractivity contribution in [3.05, 3.63) is 59.9 Å². The van der Waals surface area contributed by atoms with Crippen LogP contribution in [0, 0.1) is 12.8 Å². The van der Waals surface area contributed by atoms with E-state index in [0.29, 0.717) is 13.1 Å². The van der Waals surface area contributed by atoms with Crippen LogP contribution in [0.25, 0.3) is 0 Å². The lowest BCUT2D eigenvalue weighted by atomic mass is 10.1. The maximum absolute atomic E-state index is 12.3. The van der Waals surface area contributed by atoms with Gasteiger partial charge in [0.1, 0.15) is 0 Å². The molecule has 5 heteroatoms. The summed E-state index contributed by atoms with van der Waals surface area (Å²) in [7, 11) is 0. The van der Waals surface area contributed by atoms with Crippen LogP contribution in [0.4, 0.5) is 5.69 Å². The smallest absolute Gasteiger partial charge is 0.227 e. The average Bonchev–Trinajstić information content (AvgIpc) is 2.95. The van der Waals surface area contributed by atoms with E-state index in [-0.39, 0.29) is 24.2 Å². The molecule has 1 saturated heterocycles. The predicted molar refractivity (Wildman–Crippen MR) is 87.7 cm³/mol. The first-order valence-corrected chi connectivity index (χ1v) is 7.68. The van der Waals surface area contributed by atoms with Crippen molar-refractivity contribution in [3.63, 3.8) is 0 Å². The van der Waals surface area contributed by atoms with Crippen LogP contribution >= 0.6 is 0 Å². The van der Waals surface area contributed by atoms with E-state index in [1.165, 1.54) is 0 Å². The Morgan fingerprint density at radius 1 is 1.30 bits per heavy atom. The van der Waals surface area contributed by atoms with E-state index in [4.69, 9.17) is 0 Å². The molecule has 1 aliphatic heterocycles. The molecule has 3 rings (SSSR count). The summed E-state index contributed by atoms with van der Waals surface area (Å²) >= 11 is 0. The summed E-state index contributed by atoms with van der Waals surface area (Å²) in [5, 5.41) is 2.86. The normalized spacial score (nSPS) is 17.3. The molecule has 5 nitrogen and oxygen atoms in total. The molecule has 1 aromatic carbocycles. The van der Waals surface area contributed by atoms with Crippen LogP contribution in [0.15, 0.2) is 48.7 Å². The van der Waals surface area contributed by atoms with Gasteiger partial charge in [-0.3, -0.25) is 14.6 Å². The molecule has 0 radical (unpaired) electrons. The molecular formula is C18H19N3O2. The zero-order chi connectivity index (χ0) is 16.2. The molecule has 2 heterocycles. The Labute approximate surface area is 135 Å². The van der Waals surface area contributed by atoms with Crippen LogP contribution in [0.1, 0.15) is 17.7 Å². The van der Waals surface area contributed by atoms with Gasteiger partial charge in [-0.25, -0.2) is 0 Å². The van der Waals surface area contributed by atoms with Crippen molar-refractivity contribution in [2.24, 2.45) is 5.92 Å². The van der Waals surface area contributed by atoms with Gasteiger partial charge in [0.2, 0.25) is 11.8 Å². The average molecular weight is 309 g/mol. The van der Waals surface area contributed by atoms with Gasteiger partial charge in [0.05, 0.1) is 18.2 Å². The minimum Gasteiger partial charge on any atom is -0.350 e. The SMILES string of the molecule is Cc1cccc(N2C[C@H](C(=O)NCc3ccccn3)CC2=O)c1. The lowest BCUT2D eigenvalue weighted by Gasteiger charge is -2.17.